The fraction of sp³-hybridized carbons (Fsp3) is 0.400. The number of nitrogens with zero attached hydrogens (tertiary/aromatic N) is 2. The minimum Gasteiger partial charge on any atom is -0.398 e. The zero-order valence-electron chi connectivity index (χ0n) is 18.7. The molecule has 2 heterocycles. The molecule has 2 rings (SSSR count). The lowest BCUT2D eigenvalue weighted by Crippen LogP contribution is -2.41. The molecule has 0 spiro atoms. The van der Waals surface area contributed by atoms with E-state index < -0.39 is 0 Å². The number of hydrogen-bond acceptors (Lipinski definition) is 4. The van der Waals surface area contributed by atoms with Gasteiger partial charge in [-0.05, 0) is 58.6 Å². The van der Waals surface area contributed by atoms with Crippen LogP contribution in [0.2, 0.25) is 0 Å². The van der Waals surface area contributed by atoms with Crippen LogP contribution in [0.15, 0.2) is 65.0 Å². The van der Waals surface area contributed by atoms with Crippen LogP contribution in [0.3, 0.4) is 0 Å². The molecule has 0 aromatic carbocycles. The monoisotopic (exact) mass is 406 g/mol. The summed E-state index contributed by atoms with van der Waals surface area (Å²) in [7, 11) is 0. The Morgan fingerprint density at radius 1 is 1.23 bits per heavy atom. The largest absolute Gasteiger partial charge is 0.398 e. The lowest BCUT2D eigenvalue weighted by molar-refractivity contribution is -0.127. The van der Waals surface area contributed by atoms with Crippen LogP contribution >= 0.6 is 0 Å². The van der Waals surface area contributed by atoms with Gasteiger partial charge in [-0.3, -0.25) is 20.1 Å². The van der Waals surface area contributed by atoms with Crippen molar-refractivity contribution < 1.29 is 4.79 Å². The Morgan fingerprint density at radius 2 is 1.93 bits per heavy atom. The molecule has 0 saturated carbocycles. The fourth-order valence-corrected chi connectivity index (χ4v) is 3.39. The smallest absolute Gasteiger partial charge is 0.228 e. The third kappa shape index (κ3) is 6.02. The molecule has 0 bridgehead atoms. The summed E-state index contributed by atoms with van der Waals surface area (Å²) in [5, 5.41) is 8.57. The molecule has 160 valence electrons. The zero-order chi connectivity index (χ0) is 22.1. The van der Waals surface area contributed by atoms with Gasteiger partial charge in [0.15, 0.2) is 0 Å². The summed E-state index contributed by atoms with van der Waals surface area (Å²) < 4.78 is 0. The first-order valence-corrected chi connectivity index (χ1v) is 10.7. The number of hydrogen-bond donors (Lipinski definition) is 2. The maximum atomic E-state index is 12.9. The van der Waals surface area contributed by atoms with Crippen molar-refractivity contribution in [3.05, 3.63) is 70.6 Å². The molecule has 0 unspecified atom stereocenters. The van der Waals surface area contributed by atoms with Gasteiger partial charge >= 0.3 is 0 Å². The normalized spacial score (nSPS) is 17.9. The predicted octanol–water partition coefficient (Wildman–Crippen LogP) is 5.38. The van der Waals surface area contributed by atoms with Crippen LogP contribution in [0, 0.1) is 5.41 Å². The number of aromatic nitrogens is 1. The van der Waals surface area contributed by atoms with E-state index in [-0.39, 0.29) is 11.7 Å². The van der Waals surface area contributed by atoms with E-state index in [0.29, 0.717) is 31.5 Å². The standard InChI is InChI=1S/C25H34N4O/c1-5-18(3)19(4)9-10-20(6-2)11-12-23(30)29-17-7-8-22(25(29)27)24(26)21-13-15-28-16-14-21/h6,9-10,13-16,27H,5,7-8,11-12,17,26H2,1-4H3/b10-9-,19-18+,20-6+,24-22-,27-25?. The molecule has 3 N–H and O–H groups in total. The van der Waals surface area contributed by atoms with Crippen molar-refractivity contribution in [2.75, 3.05) is 6.54 Å². The van der Waals surface area contributed by atoms with Crippen LogP contribution in [0.1, 0.15) is 65.4 Å². The third-order valence-corrected chi connectivity index (χ3v) is 5.73. The molecule has 0 aliphatic carbocycles. The molecular formula is C25H34N4O. The topological polar surface area (TPSA) is 83.1 Å². The van der Waals surface area contributed by atoms with Gasteiger partial charge < -0.3 is 5.73 Å². The lowest BCUT2D eigenvalue weighted by atomic mass is 9.97. The van der Waals surface area contributed by atoms with Crippen LogP contribution in [0.4, 0.5) is 0 Å². The molecule has 1 aromatic heterocycles. The Kier molecular flexibility index (Phi) is 8.78. The second-order valence-corrected chi connectivity index (χ2v) is 7.64. The quantitative estimate of drug-likeness (QED) is 0.596. The summed E-state index contributed by atoms with van der Waals surface area (Å²) >= 11 is 0. The van der Waals surface area contributed by atoms with Crippen LogP contribution in [-0.4, -0.2) is 28.2 Å². The highest BCUT2D eigenvalue weighted by Crippen LogP contribution is 2.25. The number of amidine groups is 1. The number of amides is 1. The van der Waals surface area contributed by atoms with Gasteiger partial charge in [0.05, 0.1) is 0 Å². The van der Waals surface area contributed by atoms with Gasteiger partial charge in [0.2, 0.25) is 5.91 Å². The molecular weight excluding hydrogens is 372 g/mol. The predicted molar refractivity (Wildman–Crippen MR) is 125 cm³/mol. The Bertz CT molecular complexity index is 891. The van der Waals surface area contributed by atoms with Crippen molar-refractivity contribution in [2.45, 2.75) is 59.8 Å². The van der Waals surface area contributed by atoms with Crippen LogP contribution in [0.25, 0.3) is 5.70 Å². The second-order valence-electron chi connectivity index (χ2n) is 7.64. The van der Waals surface area contributed by atoms with E-state index >= 15 is 0 Å². The lowest BCUT2D eigenvalue weighted by Gasteiger charge is -2.30. The SMILES string of the molecule is C\C=C(/C=C\C(C)=C(/C)CC)CCC(=O)N1CCC/C(=C(/N)c2ccncc2)C1=N. The van der Waals surface area contributed by atoms with Gasteiger partial charge in [0.25, 0.3) is 0 Å². The molecule has 1 aliphatic rings. The number of rotatable bonds is 7. The van der Waals surface area contributed by atoms with Gasteiger partial charge in [0, 0.05) is 42.2 Å². The highest BCUT2D eigenvalue weighted by molar-refractivity contribution is 6.10. The molecule has 0 radical (unpaired) electrons. The van der Waals surface area contributed by atoms with E-state index in [2.05, 4.69) is 37.9 Å². The van der Waals surface area contributed by atoms with Gasteiger partial charge in [-0.15, -0.1) is 0 Å². The molecule has 5 nitrogen and oxygen atoms in total. The summed E-state index contributed by atoms with van der Waals surface area (Å²) in [6.45, 7) is 8.98. The summed E-state index contributed by atoms with van der Waals surface area (Å²) in [6, 6.07) is 3.66. The maximum absolute atomic E-state index is 12.9. The average Bonchev–Trinajstić information content (AvgIpc) is 2.78. The van der Waals surface area contributed by atoms with Crippen molar-refractivity contribution >= 4 is 17.4 Å². The number of carbonyl (C=O) groups excluding carboxylic acids is 1. The number of carbonyl (C=O) groups is 1. The van der Waals surface area contributed by atoms with E-state index in [1.165, 1.54) is 11.1 Å². The number of piperidine rings is 1. The number of likely N-dealkylation sites (tertiary alicyclic amines) is 1. The van der Waals surface area contributed by atoms with Gasteiger partial charge in [0.1, 0.15) is 5.84 Å². The van der Waals surface area contributed by atoms with E-state index in [1.54, 1.807) is 17.3 Å². The van der Waals surface area contributed by atoms with Gasteiger partial charge in [-0.1, -0.05) is 41.9 Å². The average molecular weight is 407 g/mol. The highest BCUT2D eigenvalue weighted by Gasteiger charge is 2.27. The number of allylic oxidation sites excluding steroid dienone is 6. The summed E-state index contributed by atoms with van der Waals surface area (Å²) in [4.78, 5) is 18.5. The second kappa shape index (κ2) is 11.3. The minimum absolute atomic E-state index is 0.0236. The molecule has 0 atom stereocenters. The molecule has 1 fully saturated rings. The fourth-order valence-electron chi connectivity index (χ4n) is 3.39. The van der Waals surface area contributed by atoms with E-state index in [1.807, 2.05) is 25.1 Å². The maximum Gasteiger partial charge on any atom is 0.228 e. The molecule has 1 saturated heterocycles. The van der Waals surface area contributed by atoms with Crippen LogP contribution < -0.4 is 5.73 Å². The van der Waals surface area contributed by atoms with E-state index in [0.717, 1.165) is 29.6 Å². The first-order chi connectivity index (χ1) is 14.4. The van der Waals surface area contributed by atoms with E-state index in [4.69, 9.17) is 11.1 Å². The van der Waals surface area contributed by atoms with Crippen molar-refractivity contribution in [3.8, 4) is 0 Å². The number of nitrogens with one attached hydrogen (secondary N) is 1. The van der Waals surface area contributed by atoms with Crippen molar-refractivity contribution in [3.63, 3.8) is 0 Å². The molecule has 1 aliphatic heterocycles. The van der Waals surface area contributed by atoms with Gasteiger partial charge in [-0.25, -0.2) is 0 Å². The van der Waals surface area contributed by atoms with Crippen LogP contribution in [0.5, 0.6) is 0 Å². The Labute approximate surface area is 180 Å². The Balaban J connectivity index is 2.06. The molecule has 1 amide bonds. The van der Waals surface area contributed by atoms with Crippen molar-refractivity contribution in [1.29, 1.82) is 5.41 Å². The van der Waals surface area contributed by atoms with Crippen LogP contribution in [-0.2, 0) is 4.79 Å². The molecule has 30 heavy (non-hydrogen) atoms. The number of nitrogens with two attached hydrogens (primary N) is 1. The number of pyridine rings is 1. The minimum atomic E-state index is -0.0236. The Hall–Kier alpha value is -2.95. The van der Waals surface area contributed by atoms with Crippen molar-refractivity contribution in [2.24, 2.45) is 5.73 Å². The molecule has 5 heteroatoms. The van der Waals surface area contributed by atoms with E-state index in [9.17, 15) is 4.79 Å². The Morgan fingerprint density at radius 3 is 2.57 bits per heavy atom. The highest BCUT2D eigenvalue weighted by atomic mass is 16.2. The zero-order valence-corrected chi connectivity index (χ0v) is 18.7. The van der Waals surface area contributed by atoms with Crippen molar-refractivity contribution in [1.82, 2.24) is 9.88 Å². The summed E-state index contributed by atoms with van der Waals surface area (Å²) in [5.41, 5.74) is 12.2. The molecule has 1 aromatic rings. The first-order valence-electron chi connectivity index (χ1n) is 10.7. The first kappa shape index (κ1) is 23.3. The summed E-state index contributed by atoms with van der Waals surface area (Å²) in [5.74, 6) is 0.208. The summed E-state index contributed by atoms with van der Waals surface area (Å²) in [6.07, 6.45) is 13.2. The van der Waals surface area contributed by atoms with Gasteiger partial charge in [-0.2, -0.15) is 0 Å². The third-order valence-electron chi connectivity index (χ3n) is 5.73.